The fourth-order valence-corrected chi connectivity index (χ4v) is 2.11. The lowest BCUT2D eigenvalue weighted by molar-refractivity contribution is -0.384. The summed E-state index contributed by atoms with van der Waals surface area (Å²) < 4.78 is 38.8. The number of aromatic amines is 1. The molecule has 3 rings (SSSR count). The van der Waals surface area contributed by atoms with Crippen LogP contribution in [0.1, 0.15) is 18.7 Å². The number of rotatable bonds is 2. The van der Waals surface area contributed by atoms with Crippen LogP contribution >= 0.6 is 0 Å². The third-order valence-electron chi connectivity index (χ3n) is 3.42. The lowest BCUT2D eigenvalue weighted by Gasteiger charge is -2.16. The number of non-ortho nitro benzene ring substituents is 1. The summed E-state index contributed by atoms with van der Waals surface area (Å²) in [4.78, 5) is 16.5. The largest absolute Gasteiger partial charge is 0.401 e. The van der Waals surface area contributed by atoms with Gasteiger partial charge < -0.3 is 4.98 Å². The van der Waals surface area contributed by atoms with Gasteiger partial charge in [-0.15, -0.1) is 0 Å². The van der Waals surface area contributed by atoms with Crippen molar-refractivity contribution in [2.24, 2.45) is 0 Å². The summed E-state index contributed by atoms with van der Waals surface area (Å²) in [5, 5.41) is 10.6. The second-order valence-electron chi connectivity index (χ2n) is 4.62. The number of imidazole rings is 1. The summed E-state index contributed by atoms with van der Waals surface area (Å²) in [6.07, 6.45) is -4.36. The Morgan fingerprint density at radius 2 is 2.05 bits per heavy atom. The van der Waals surface area contributed by atoms with Crippen molar-refractivity contribution in [3.05, 3.63) is 34.1 Å². The highest BCUT2D eigenvalue weighted by Crippen LogP contribution is 2.58. The van der Waals surface area contributed by atoms with Crippen LogP contribution < -0.4 is 0 Å². The number of nitro benzene ring substituents is 1. The number of nitro groups is 1. The molecule has 1 aliphatic rings. The van der Waals surface area contributed by atoms with Crippen LogP contribution in [-0.2, 0) is 5.41 Å². The minimum Gasteiger partial charge on any atom is -0.341 e. The maximum absolute atomic E-state index is 12.9. The Bertz CT molecular complexity index is 673. The molecule has 0 bridgehead atoms. The third-order valence-corrected chi connectivity index (χ3v) is 3.42. The Kier molecular flexibility index (Phi) is 2.17. The van der Waals surface area contributed by atoms with E-state index in [1.165, 1.54) is 18.2 Å². The average Bonchev–Trinajstić information content (AvgIpc) is 3.03. The topological polar surface area (TPSA) is 71.8 Å². The molecule has 5 nitrogen and oxygen atoms in total. The number of nitrogens with zero attached hydrogens (tertiary/aromatic N) is 2. The van der Waals surface area contributed by atoms with Gasteiger partial charge in [-0.1, -0.05) is 0 Å². The minimum atomic E-state index is -4.35. The number of halogens is 3. The molecule has 1 fully saturated rings. The van der Waals surface area contributed by atoms with Gasteiger partial charge in [-0.05, 0) is 18.9 Å². The van der Waals surface area contributed by atoms with E-state index in [0.29, 0.717) is 5.52 Å². The zero-order valence-electron chi connectivity index (χ0n) is 9.49. The van der Waals surface area contributed by atoms with E-state index >= 15 is 0 Å². The summed E-state index contributed by atoms with van der Waals surface area (Å²) in [6, 6.07) is 3.77. The van der Waals surface area contributed by atoms with Crippen LogP contribution in [0.5, 0.6) is 0 Å². The number of benzene rings is 1. The quantitative estimate of drug-likeness (QED) is 0.674. The molecule has 1 saturated carbocycles. The molecule has 0 atom stereocenters. The standard InChI is InChI=1S/C11H8F3N3O2/c12-11(13,14)10(3-4-10)9-15-7-2-1-6(17(18)19)5-8(7)16-9/h1-2,5H,3-4H2,(H,15,16). The van der Waals surface area contributed by atoms with Gasteiger partial charge in [-0.2, -0.15) is 13.2 Å². The molecule has 1 aliphatic carbocycles. The lowest BCUT2D eigenvalue weighted by Crippen LogP contribution is -2.29. The molecule has 0 saturated heterocycles. The van der Waals surface area contributed by atoms with Crippen LogP contribution in [0, 0.1) is 10.1 Å². The van der Waals surface area contributed by atoms with E-state index in [9.17, 15) is 23.3 Å². The first-order valence-electron chi connectivity index (χ1n) is 5.55. The fourth-order valence-electron chi connectivity index (χ4n) is 2.11. The number of fused-ring (bicyclic) bond motifs is 1. The molecule has 0 amide bonds. The number of aromatic nitrogens is 2. The first-order chi connectivity index (χ1) is 8.83. The highest BCUT2D eigenvalue weighted by molar-refractivity contribution is 5.78. The van der Waals surface area contributed by atoms with E-state index in [1.54, 1.807) is 0 Å². The van der Waals surface area contributed by atoms with Crippen molar-refractivity contribution in [3.63, 3.8) is 0 Å². The molecular weight excluding hydrogens is 263 g/mol. The second-order valence-corrected chi connectivity index (χ2v) is 4.62. The predicted molar refractivity (Wildman–Crippen MR) is 59.7 cm³/mol. The molecule has 0 unspecified atom stereocenters. The summed E-state index contributed by atoms with van der Waals surface area (Å²) in [6.45, 7) is 0. The Labute approximate surface area is 104 Å². The molecule has 1 aromatic carbocycles. The summed E-state index contributed by atoms with van der Waals surface area (Å²) in [5.74, 6) is -0.157. The number of hydrogen-bond donors (Lipinski definition) is 1. The van der Waals surface area contributed by atoms with Crippen LogP contribution in [0.15, 0.2) is 18.2 Å². The van der Waals surface area contributed by atoms with Gasteiger partial charge in [0.05, 0.1) is 16.0 Å². The normalized spacial score (nSPS) is 17.6. The highest BCUT2D eigenvalue weighted by Gasteiger charge is 2.66. The number of nitrogens with one attached hydrogen (secondary N) is 1. The summed E-state index contributed by atoms with van der Waals surface area (Å²) in [7, 11) is 0. The van der Waals surface area contributed by atoms with Gasteiger partial charge in [0.1, 0.15) is 11.2 Å². The molecule has 100 valence electrons. The maximum atomic E-state index is 12.9. The summed E-state index contributed by atoms with van der Waals surface area (Å²) in [5.41, 5.74) is -1.54. The molecule has 2 aromatic rings. The monoisotopic (exact) mass is 271 g/mol. The van der Waals surface area contributed by atoms with Gasteiger partial charge in [0.15, 0.2) is 0 Å². The molecule has 0 aliphatic heterocycles. The van der Waals surface area contributed by atoms with Crippen molar-refractivity contribution in [1.29, 1.82) is 0 Å². The third kappa shape index (κ3) is 1.66. The van der Waals surface area contributed by atoms with Crippen LogP contribution in [0.3, 0.4) is 0 Å². The van der Waals surface area contributed by atoms with Gasteiger partial charge in [0.2, 0.25) is 0 Å². The molecule has 1 N–H and O–H groups in total. The first kappa shape index (κ1) is 11.9. The number of hydrogen-bond acceptors (Lipinski definition) is 3. The molecule has 1 aromatic heterocycles. The Morgan fingerprint density at radius 3 is 2.58 bits per heavy atom. The van der Waals surface area contributed by atoms with Crippen molar-refractivity contribution >= 4 is 16.7 Å². The Morgan fingerprint density at radius 1 is 1.37 bits per heavy atom. The predicted octanol–water partition coefficient (Wildman–Crippen LogP) is 3.07. The first-order valence-corrected chi connectivity index (χ1v) is 5.55. The van der Waals surface area contributed by atoms with Gasteiger partial charge in [-0.25, -0.2) is 4.98 Å². The van der Waals surface area contributed by atoms with Crippen molar-refractivity contribution in [2.75, 3.05) is 0 Å². The van der Waals surface area contributed by atoms with E-state index < -0.39 is 16.5 Å². The fraction of sp³-hybridized carbons (Fsp3) is 0.364. The molecular formula is C11H8F3N3O2. The van der Waals surface area contributed by atoms with Crippen molar-refractivity contribution < 1.29 is 18.1 Å². The smallest absolute Gasteiger partial charge is 0.341 e. The van der Waals surface area contributed by atoms with Gasteiger partial charge in [0, 0.05) is 12.1 Å². The second kappa shape index (κ2) is 3.46. The zero-order chi connectivity index (χ0) is 13.8. The maximum Gasteiger partial charge on any atom is 0.401 e. The van der Waals surface area contributed by atoms with Crippen molar-refractivity contribution in [1.82, 2.24) is 9.97 Å². The van der Waals surface area contributed by atoms with Crippen LogP contribution in [0.4, 0.5) is 18.9 Å². The molecule has 0 radical (unpaired) electrons. The van der Waals surface area contributed by atoms with Gasteiger partial charge in [0.25, 0.3) is 5.69 Å². The number of alkyl halides is 3. The van der Waals surface area contributed by atoms with Crippen molar-refractivity contribution in [3.8, 4) is 0 Å². The summed E-state index contributed by atoms with van der Waals surface area (Å²) >= 11 is 0. The SMILES string of the molecule is O=[N+]([O-])c1ccc2[nH]c(C3(C(F)(F)F)CC3)nc2c1. The van der Waals surface area contributed by atoms with Crippen LogP contribution in [0.25, 0.3) is 11.0 Å². The van der Waals surface area contributed by atoms with E-state index in [2.05, 4.69) is 9.97 Å². The van der Waals surface area contributed by atoms with Crippen LogP contribution in [0.2, 0.25) is 0 Å². The molecule has 0 spiro atoms. The average molecular weight is 271 g/mol. The van der Waals surface area contributed by atoms with Gasteiger partial charge >= 0.3 is 6.18 Å². The van der Waals surface area contributed by atoms with E-state index in [0.717, 1.165) is 0 Å². The highest BCUT2D eigenvalue weighted by atomic mass is 19.4. The Balaban J connectivity index is 2.10. The van der Waals surface area contributed by atoms with E-state index in [1.807, 2.05) is 0 Å². The van der Waals surface area contributed by atoms with E-state index in [-0.39, 0.29) is 29.9 Å². The lowest BCUT2D eigenvalue weighted by atomic mass is 10.1. The Hall–Kier alpha value is -2.12. The van der Waals surface area contributed by atoms with Gasteiger partial charge in [-0.3, -0.25) is 10.1 Å². The molecule has 19 heavy (non-hydrogen) atoms. The number of H-pyrrole nitrogens is 1. The van der Waals surface area contributed by atoms with Crippen LogP contribution in [-0.4, -0.2) is 21.1 Å². The minimum absolute atomic E-state index is 0.00157. The van der Waals surface area contributed by atoms with E-state index in [4.69, 9.17) is 0 Å². The molecule has 8 heteroatoms. The zero-order valence-corrected chi connectivity index (χ0v) is 9.49. The van der Waals surface area contributed by atoms with Crippen molar-refractivity contribution in [2.45, 2.75) is 24.4 Å². The molecule has 1 heterocycles.